The SMILES string of the molecule is CNCc1cccc(Br)c1OCc1nonc1C. The summed E-state index contributed by atoms with van der Waals surface area (Å²) in [6.45, 7) is 2.92. The minimum atomic E-state index is 0.342. The molecule has 2 aromatic rings. The minimum absolute atomic E-state index is 0.342. The number of aromatic nitrogens is 2. The van der Waals surface area contributed by atoms with Gasteiger partial charge in [-0.1, -0.05) is 22.4 Å². The summed E-state index contributed by atoms with van der Waals surface area (Å²) in [4.78, 5) is 0. The molecule has 0 bridgehead atoms. The molecule has 18 heavy (non-hydrogen) atoms. The topological polar surface area (TPSA) is 60.2 Å². The van der Waals surface area contributed by atoms with Crippen LogP contribution in [0, 0.1) is 6.92 Å². The van der Waals surface area contributed by atoms with Crippen LogP contribution >= 0.6 is 15.9 Å². The zero-order valence-corrected chi connectivity index (χ0v) is 11.8. The third-order valence-corrected chi connectivity index (χ3v) is 3.14. The van der Waals surface area contributed by atoms with E-state index in [1.165, 1.54) is 0 Å². The van der Waals surface area contributed by atoms with Gasteiger partial charge >= 0.3 is 0 Å². The van der Waals surface area contributed by atoms with Crippen molar-refractivity contribution in [2.75, 3.05) is 7.05 Å². The van der Waals surface area contributed by atoms with Gasteiger partial charge in [-0.05, 0) is 36.0 Å². The molecule has 0 fully saturated rings. The van der Waals surface area contributed by atoms with Crippen LogP contribution < -0.4 is 10.1 Å². The van der Waals surface area contributed by atoms with Crippen LogP contribution in [-0.2, 0) is 13.2 Å². The number of hydrogen-bond donors (Lipinski definition) is 1. The lowest BCUT2D eigenvalue weighted by atomic mass is 10.2. The van der Waals surface area contributed by atoms with Crippen molar-refractivity contribution in [2.24, 2.45) is 0 Å². The summed E-state index contributed by atoms with van der Waals surface area (Å²) in [7, 11) is 1.90. The van der Waals surface area contributed by atoms with E-state index in [2.05, 4.69) is 36.2 Å². The van der Waals surface area contributed by atoms with Crippen LogP contribution in [-0.4, -0.2) is 17.4 Å². The summed E-state index contributed by atoms with van der Waals surface area (Å²) in [6, 6.07) is 5.94. The van der Waals surface area contributed by atoms with Crippen molar-refractivity contribution in [3.8, 4) is 5.75 Å². The van der Waals surface area contributed by atoms with Gasteiger partial charge in [0.15, 0.2) is 0 Å². The molecule has 0 amide bonds. The van der Waals surface area contributed by atoms with E-state index in [9.17, 15) is 0 Å². The molecule has 0 aliphatic rings. The van der Waals surface area contributed by atoms with Crippen LogP contribution in [0.1, 0.15) is 17.0 Å². The third kappa shape index (κ3) is 2.88. The molecule has 0 aliphatic heterocycles. The monoisotopic (exact) mass is 311 g/mol. The number of halogens is 1. The van der Waals surface area contributed by atoms with E-state index >= 15 is 0 Å². The molecule has 0 saturated heterocycles. The summed E-state index contributed by atoms with van der Waals surface area (Å²) < 4.78 is 11.4. The first-order valence-corrected chi connectivity index (χ1v) is 6.34. The van der Waals surface area contributed by atoms with E-state index in [0.29, 0.717) is 12.3 Å². The fraction of sp³-hybridized carbons (Fsp3) is 0.333. The molecule has 0 aliphatic carbocycles. The molecule has 2 rings (SSSR count). The summed E-state index contributed by atoms with van der Waals surface area (Å²) in [5.74, 6) is 0.814. The van der Waals surface area contributed by atoms with Crippen LogP contribution in [0.25, 0.3) is 0 Å². The van der Waals surface area contributed by atoms with Crippen molar-refractivity contribution < 1.29 is 9.37 Å². The molecular formula is C12H14BrN3O2. The summed E-state index contributed by atoms with van der Waals surface area (Å²) >= 11 is 3.49. The second kappa shape index (κ2) is 5.97. The number of rotatable bonds is 5. The van der Waals surface area contributed by atoms with Crippen molar-refractivity contribution in [1.29, 1.82) is 0 Å². The Hall–Kier alpha value is -1.40. The molecule has 5 nitrogen and oxygen atoms in total. The number of aryl methyl sites for hydroxylation is 1. The third-order valence-electron chi connectivity index (χ3n) is 2.52. The molecule has 0 saturated carbocycles. The van der Waals surface area contributed by atoms with E-state index in [-0.39, 0.29) is 0 Å². The Morgan fingerprint density at radius 3 is 2.89 bits per heavy atom. The van der Waals surface area contributed by atoms with Gasteiger partial charge in [-0.3, -0.25) is 0 Å². The first kappa shape index (κ1) is 13.0. The summed E-state index contributed by atoms with van der Waals surface area (Å²) in [6.07, 6.45) is 0. The van der Waals surface area contributed by atoms with E-state index in [1.54, 1.807) is 0 Å². The van der Waals surface area contributed by atoms with Crippen LogP contribution in [0.3, 0.4) is 0 Å². The highest BCUT2D eigenvalue weighted by molar-refractivity contribution is 9.10. The van der Waals surface area contributed by atoms with Crippen molar-refractivity contribution in [3.63, 3.8) is 0 Å². The average molecular weight is 312 g/mol. The van der Waals surface area contributed by atoms with Crippen LogP contribution in [0.2, 0.25) is 0 Å². The smallest absolute Gasteiger partial charge is 0.145 e. The van der Waals surface area contributed by atoms with Crippen molar-refractivity contribution in [2.45, 2.75) is 20.1 Å². The molecule has 0 atom stereocenters. The van der Waals surface area contributed by atoms with E-state index in [0.717, 1.165) is 28.0 Å². The highest BCUT2D eigenvalue weighted by Gasteiger charge is 2.11. The molecule has 96 valence electrons. The highest BCUT2D eigenvalue weighted by Crippen LogP contribution is 2.29. The Labute approximate surface area is 114 Å². The van der Waals surface area contributed by atoms with Gasteiger partial charge in [0.05, 0.1) is 4.47 Å². The Kier molecular flexibility index (Phi) is 4.33. The summed E-state index contributed by atoms with van der Waals surface area (Å²) in [5.41, 5.74) is 2.54. The van der Waals surface area contributed by atoms with Gasteiger partial charge < -0.3 is 10.1 Å². The Balaban J connectivity index is 2.15. The maximum atomic E-state index is 5.80. The normalized spacial score (nSPS) is 10.6. The van der Waals surface area contributed by atoms with Gasteiger partial charge in [0.25, 0.3) is 0 Å². The first-order chi connectivity index (χ1) is 8.72. The predicted octanol–water partition coefficient (Wildman–Crippen LogP) is 2.44. The second-order valence-electron chi connectivity index (χ2n) is 3.84. The molecule has 0 radical (unpaired) electrons. The number of para-hydroxylation sites is 1. The van der Waals surface area contributed by atoms with Crippen molar-refractivity contribution in [3.05, 3.63) is 39.6 Å². The lowest BCUT2D eigenvalue weighted by molar-refractivity contribution is 0.267. The number of hydrogen-bond acceptors (Lipinski definition) is 5. The standard InChI is InChI=1S/C12H14BrN3O2/c1-8-11(16-18-15-8)7-17-12-9(6-14-2)4-3-5-10(12)13/h3-5,14H,6-7H2,1-2H3. The van der Waals surface area contributed by atoms with Crippen LogP contribution in [0.4, 0.5) is 0 Å². The van der Waals surface area contributed by atoms with Crippen molar-refractivity contribution in [1.82, 2.24) is 15.6 Å². The van der Waals surface area contributed by atoms with Gasteiger partial charge in [-0.2, -0.15) is 0 Å². The Bertz CT molecular complexity index is 528. The van der Waals surface area contributed by atoms with E-state index in [4.69, 9.17) is 4.74 Å². The maximum Gasteiger partial charge on any atom is 0.145 e. The van der Waals surface area contributed by atoms with Gasteiger partial charge in [-0.15, -0.1) is 0 Å². The lowest BCUT2D eigenvalue weighted by Crippen LogP contribution is -2.08. The predicted molar refractivity (Wildman–Crippen MR) is 70.3 cm³/mol. The molecule has 1 aromatic carbocycles. The van der Waals surface area contributed by atoms with Gasteiger partial charge in [0, 0.05) is 12.1 Å². The van der Waals surface area contributed by atoms with Gasteiger partial charge in [-0.25, -0.2) is 4.63 Å². The zero-order valence-electron chi connectivity index (χ0n) is 10.2. The van der Waals surface area contributed by atoms with Crippen molar-refractivity contribution >= 4 is 15.9 Å². The first-order valence-electron chi connectivity index (χ1n) is 5.55. The molecule has 1 aromatic heterocycles. The average Bonchev–Trinajstić information content (AvgIpc) is 2.75. The van der Waals surface area contributed by atoms with Crippen LogP contribution in [0.5, 0.6) is 5.75 Å². The fourth-order valence-electron chi connectivity index (χ4n) is 1.57. The number of benzene rings is 1. The minimum Gasteiger partial charge on any atom is -0.486 e. The Morgan fingerprint density at radius 1 is 1.39 bits per heavy atom. The number of nitrogens with zero attached hydrogens (tertiary/aromatic N) is 2. The maximum absolute atomic E-state index is 5.80. The fourth-order valence-corrected chi connectivity index (χ4v) is 2.09. The molecule has 1 N–H and O–H groups in total. The molecular weight excluding hydrogens is 298 g/mol. The van der Waals surface area contributed by atoms with E-state index < -0.39 is 0 Å². The van der Waals surface area contributed by atoms with E-state index in [1.807, 2.05) is 32.2 Å². The lowest BCUT2D eigenvalue weighted by Gasteiger charge is -2.12. The Morgan fingerprint density at radius 2 is 2.22 bits per heavy atom. The molecule has 0 spiro atoms. The summed E-state index contributed by atoms with van der Waals surface area (Å²) in [5, 5.41) is 10.6. The number of nitrogens with one attached hydrogen (secondary N) is 1. The molecule has 0 unspecified atom stereocenters. The highest BCUT2D eigenvalue weighted by atomic mass is 79.9. The quantitative estimate of drug-likeness (QED) is 0.919. The van der Waals surface area contributed by atoms with Gasteiger partial charge in [0.1, 0.15) is 23.7 Å². The zero-order chi connectivity index (χ0) is 13.0. The van der Waals surface area contributed by atoms with Gasteiger partial charge in [0.2, 0.25) is 0 Å². The molecule has 6 heteroatoms. The second-order valence-corrected chi connectivity index (χ2v) is 4.70. The van der Waals surface area contributed by atoms with Crippen LogP contribution in [0.15, 0.2) is 27.3 Å². The number of ether oxygens (including phenoxy) is 1. The largest absolute Gasteiger partial charge is 0.486 e. The molecule has 1 heterocycles.